The van der Waals surface area contributed by atoms with Crippen LogP contribution in [0.3, 0.4) is 0 Å². The molecule has 1 aliphatic carbocycles. The van der Waals surface area contributed by atoms with Crippen LogP contribution in [0.1, 0.15) is 61.3 Å². The van der Waals surface area contributed by atoms with E-state index in [-0.39, 0.29) is 11.8 Å². The molecule has 5 heteroatoms. The van der Waals surface area contributed by atoms with Gasteiger partial charge < -0.3 is 19.0 Å². The van der Waals surface area contributed by atoms with Crippen molar-refractivity contribution in [3.8, 4) is 5.75 Å². The first-order valence-corrected chi connectivity index (χ1v) is 12.7. The molecule has 0 saturated heterocycles. The molecule has 1 fully saturated rings. The zero-order valence-electron chi connectivity index (χ0n) is 20.4. The van der Waals surface area contributed by atoms with Crippen LogP contribution in [0, 0.1) is 5.92 Å². The van der Waals surface area contributed by atoms with Crippen LogP contribution in [0.25, 0.3) is 10.9 Å². The molecule has 0 radical (unpaired) electrons. The quantitative estimate of drug-likeness (QED) is 0.297. The van der Waals surface area contributed by atoms with E-state index in [1.165, 1.54) is 54.1 Å². The van der Waals surface area contributed by atoms with Crippen LogP contribution in [0.5, 0.6) is 5.75 Å². The summed E-state index contributed by atoms with van der Waals surface area (Å²) in [5, 5.41) is 4.34. The Bertz CT molecular complexity index is 1230. The highest BCUT2D eigenvalue weighted by Crippen LogP contribution is 2.41. The average molecular weight is 471 g/mol. The summed E-state index contributed by atoms with van der Waals surface area (Å²) >= 11 is 0. The number of amides is 1. The summed E-state index contributed by atoms with van der Waals surface area (Å²) in [5.41, 5.74) is 3.74. The zero-order chi connectivity index (χ0) is 24.0. The predicted octanol–water partition coefficient (Wildman–Crippen LogP) is 6.66. The van der Waals surface area contributed by atoms with Gasteiger partial charge in [0.1, 0.15) is 11.5 Å². The van der Waals surface area contributed by atoms with Crippen molar-refractivity contribution < 1.29 is 13.9 Å². The van der Waals surface area contributed by atoms with E-state index in [9.17, 15) is 4.79 Å². The summed E-state index contributed by atoms with van der Waals surface area (Å²) in [7, 11) is 1.69. The number of nitrogens with zero attached hydrogens (tertiary/aromatic N) is 1. The number of nitrogens with one attached hydrogen (secondary N) is 1. The van der Waals surface area contributed by atoms with Crippen molar-refractivity contribution >= 4 is 16.8 Å². The SMILES string of the molecule is COc1ccc(Cn2cc(C(CC(=O)NCc3ccco3)C3CCCCC3)c3ccccc32)cc1. The Kier molecular flexibility index (Phi) is 7.22. The van der Waals surface area contributed by atoms with Gasteiger partial charge >= 0.3 is 0 Å². The molecule has 1 saturated carbocycles. The Labute approximate surface area is 207 Å². The number of ether oxygens (including phenoxy) is 1. The minimum Gasteiger partial charge on any atom is -0.497 e. The second kappa shape index (κ2) is 10.9. The van der Waals surface area contributed by atoms with Crippen molar-refractivity contribution in [2.24, 2.45) is 5.92 Å². The van der Waals surface area contributed by atoms with Crippen LogP contribution in [-0.4, -0.2) is 17.6 Å². The number of carbonyl (C=O) groups excluding carboxylic acids is 1. The minimum absolute atomic E-state index is 0.0870. The monoisotopic (exact) mass is 470 g/mol. The van der Waals surface area contributed by atoms with E-state index in [1.807, 2.05) is 24.3 Å². The molecule has 0 aliphatic heterocycles. The number of hydrogen-bond acceptors (Lipinski definition) is 3. The van der Waals surface area contributed by atoms with Crippen molar-refractivity contribution in [1.29, 1.82) is 0 Å². The average Bonchev–Trinajstić information content (AvgIpc) is 3.56. The third-order valence-electron chi connectivity index (χ3n) is 7.39. The Morgan fingerprint density at radius 3 is 2.60 bits per heavy atom. The topological polar surface area (TPSA) is 56.4 Å². The molecule has 2 aromatic heterocycles. The number of benzene rings is 2. The molecule has 1 atom stereocenters. The molecular formula is C30H34N2O3. The second-order valence-electron chi connectivity index (χ2n) is 9.64. The number of para-hydroxylation sites is 1. The number of hydrogen-bond donors (Lipinski definition) is 1. The second-order valence-corrected chi connectivity index (χ2v) is 9.64. The predicted molar refractivity (Wildman–Crippen MR) is 139 cm³/mol. The summed E-state index contributed by atoms with van der Waals surface area (Å²) in [6.45, 7) is 1.22. The lowest BCUT2D eigenvalue weighted by Gasteiger charge is -2.30. The van der Waals surface area contributed by atoms with E-state index in [1.54, 1.807) is 13.4 Å². The largest absolute Gasteiger partial charge is 0.497 e. The lowest BCUT2D eigenvalue weighted by molar-refractivity contribution is -0.122. The lowest BCUT2D eigenvalue weighted by atomic mass is 9.75. The van der Waals surface area contributed by atoms with Crippen molar-refractivity contribution in [1.82, 2.24) is 9.88 Å². The minimum atomic E-state index is 0.0870. The third-order valence-corrected chi connectivity index (χ3v) is 7.39. The summed E-state index contributed by atoms with van der Waals surface area (Å²) in [6.07, 6.45) is 10.6. The maximum atomic E-state index is 13.1. The van der Waals surface area contributed by atoms with Crippen LogP contribution in [0.2, 0.25) is 0 Å². The molecular weight excluding hydrogens is 436 g/mol. The standard InChI is InChI=1S/C30H34N2O3/c1-34-24-15-13-22(14-16-24)20-32-21-28(26-11-5-6-12-29(26)32)27(23-8-3-2-4-9-23)18-30(33)31-19-25-10-7-17-35-25/h5-7,10-17,21,23,27H,2-4,8-9,18-20H2,1H3,(H,31,33). The van der Waals surface area contributed by atoms with Gasteiger partial charge in [-0.3, -0.25) is 4.79 Å². The van der Waals surface area contributed by atoms with Gasteiger partial charge in [0.25, 0.3) is 0 Å². The maximum absolute atomic E-state index is 13.1. The number of aromatic nitrogens is 1. The van der Waals surface area contributed by atoms with Crippen LogP contribution in [-0.2, 0) is 17.9 Å². The molecule has 0 spiro atoms. The van der Waals surface area contributed by atoms with E-state index in [0.717, 1.165) is 18.1 Å². The Balaban J connectivity index is 1.43. The fraction of sp³-hybridized carbons (Fsp3) is 0.367. The van der Waals surface area contributed by atoms with Crippen LogP contribution in [0.4, 0.5) is 0 Å². The molecule has 1 N–H and O–H groups in total. The summed E-state index contributed by atoms with van der Waals surface area (Å²) in [6, 6.07) is 20.6. The molecule has 1 aliphatic rings. The number of carbonyl (C=O) groups is 1. The first kappa shape index (κ1) is 23.3. The maximum Gasteiger partial charge on any atom is 0.220 e. The van der Waals surface area contributed by atoms with Gasteiger partial charge in [-0.15, -0.1) is 0 Å². The van der Waals surface area contributed by atoms with Crippen molar-refractivity contribution in [2.75, 3.05) is 7.11 Å². The van der Waals surface area contributed by atoms with Crippen LogP contribution in [0.15, 0.2) is 77.5 Å². The number of furan rings is 1. The van der Waals surface area contributed by atoms with Gasteiger partial charge in [0.05, 0.1) is 19.9 Å². The van der Waals surface area contributed by atoms with Crippen molar-refractivity contribution in [3.63, 3.8) is 0 Å². The zero-order valence-corrected chi connectivity index (χ0v) is 20.4. The highest BCUT2D eigenvalue weighted by Gasteiger charge is 2.29. The summed E-state index contributed by atoms with van der Waals surface area (Å²) in [4.78, 5) is 13.1. The highest BCUT2D eigenvalue weighted by molar-refractivity contribution is 5.86. The third kappa shape index (κ3) is 5.45. The fourth-order valence-electron chi connectivity index (χ4n) is 5.57. The number of fused-ring (bicyclic) bond motifs is 1. The summed E-state index contributed by atoms with van der Waals surface area (Å²) < 4.78 is 13.1. The molecule has 2 heterocycles. The van der Waals surface area contributed by atoms with Gasteiger partial charge in [0.2, 0.25) is 5.91 Å². The molecule has 5 nitrogen and oxygen atoms in total. The van der Waals surface area contributed by atoms with E-state index < -0.39 is 0 Å². The van der Waals surface area contributed by atoms with Gasteiger partial charge in [0.15, 0.2) is 0 Å². The first-order chi connectivity index (χ1) is 17.2. The molecule has 2 aromatic carbocycles. The van der Waals surface area contributed by atoms with Gasteiger partial charge in [0, 0.05) is 30.1 Å². The van der Waals surface area contributed by atoms with E-state index >= 15 is 0 Å². The Morgan fingerprint density at radius 1 is 1.06 bits per heavy atom. The molecule has 1 unspecified atom stereocenters. The van der Waals surface area contributed by atoms with E-state index in [0.29, 0.717) is 18.9 Å². The Morgan fingerprint density at radius 2 is 1.86 bits per heavy atom. The van der Waals surface area contributed by atoms with Gasteiger partial charge in [-0.1, -0.05) is 49.6 Å². The molecule has 5 rings (SSSR count). The van der Waals surface area contributed by atoms with Gasteiger partial charge in [-0.25, -0.2) is 0 Å². The highest BCUT2D eigenvalue weighted by atomic mass is 16.5. The van der Waals surface area contributed by atoms with Crippen LogP contribution >= 0.6 is 0 Å². The normalized spacial score (nSPS) is 15.2. The number of rotatable bonds is 9. The smallest absolute Gasteiger partial charge is 0.220 e. The molecule has 0 bridgehead atoms. The summed E-state index contributed by atoms with van der Waals surface area (Å²) in [5.74, 6) is 2.46. The molecule has 1 amide bonds. The first-order valence-electron chi connectivity index (χ1n) is 12.7. The van der Waals surface area contributed by atoms with E-state index in [4.69, 9.17) is 9.15 Å². The Hall–Kier alpha value is -3.47. The fourth-order valence-corrected chi connectivity index (χ4v) is 5.57. The molecule has 35 heavy (non-hydrogen) atoms. The van der Waals surface area contributed by atoms with E-state index in [2.05, 4.69) is 52.5 Å². The van der Waals surface area contributed by atoms with Crippen molar-refractivity contribution in [2.45, 2.75) is 57.5 Å². The van der Waals surface area contributed by atoms with Gasteiger partial charge in [-0.2, -0.15) is 0 Å². The lowest BCUT2D eigenvalue weighted by Crippen LogP contribution is -2.27. The molecule has 4 aromatic rings. The number of methoxy groups -OCH3 is 1. The van der Waals surface area contributed by atoms with Crippen molar-refractivity contribution in [3.05, 3.63) is 90.0 Å². The van der Waals surface area contributed by atoms with Gasteiger partial charge in [-0.05, 0) is 66.1 Å². The van der Waals surface area contributed by atoms with Crippen LogP contribution < -0.4 is 10.1 Å². The molecule has 182 valence electrons.